The monoisotopic (exact) mass is 586 g/mol. The molecule has 7 rings (SSSR count). The Kier molecular flexibility index (Phi) is 6.74. The van der Waals surface area contributed by atoms with E-state index < -0.39 is 28.3 Å². The van der Waals surface area contributed by atoms with Crippen molar-refractivity contribution in [3.05, 3.63) is 57.7 Å². The molecule has 1 N–H and O–H groups in total. The number of aromatic hydroxyl groups is 1. The fourth-order valence-electron chi connectivity index (χ4n) is 8.06. The molecule has 3 aliphatic heterocycles. The third-order valence-electron chi connectivity index (χ3n) is 10.3. The molecule has 6 heteroatoms. The second-order valence-corrected chi connectivity index (χ2v) is 15.0. The predicted octanol–water partition coefficient (Wildman–Crippen LogP) is 7.86. The van der Waals surface area contributed by atoms with Crippen LogP contribution in [0.3, 0.4) is 0 Å². The minimum absolute atomic E-state index is 0.0275. The van der Waals surface area contributed by atoms with Gasteiger partial charge in [-0.3, -0.25) is 9.59 Å². The molecule has 1 saturated heterocycles. The predicted molar refractivity (Wildman–Crippen MR) is 168 cm³/mol. The molecule has 1 aromatic rings. The number of fused-ring (bicyclic) bond motifs is 2. The maximum absolute atomic E-state index is 14.7. The quantitative estimate of drug-likeness (QED) is 0.328. The van der Waals surface area contributed by atoms with Crippen molar-refractivity contribution >= 4 is 17.6 Å². The van der Waals surface area contributed by atoms with E-state index in [9.17, 15) is 14.7 Å². The van der Waals surface area contributed by atoms with Gasteiger partial charge in [0.15, 0.2) is 22.8 Å². The fourth-order valence-corrected chi connectivity index (χ4v) is 8.06. The fraction of sp³-hybridized carbons (Fsp3) is 0.568. The van der Waals surface area contributed by atoms with Gasteiger partial charge >= 0.3 is 0 Å². The van der Waals surface area contributed by atoms with Gasteiger partial charge in [0.25, 0.3) is 0 Å². The maximum atomic E-state index is 14.7. The summed E-state index contributed by atoms with van der Waals surface area (Å²) in [7, 11) is 0. The van der Waals surface area contributed by atoms with Gasteiger partial charge in [0.2, 0.25) is 0 Å². The number of ketones is 2. The van der Waals surface area contributed by atoms with E-state index in [1.54, 1.807) is 6.08 Å². The number of hydrogen-bond acceptors (Lipinski definition) is 6. The standard InChI is InChI=1S/C37H46O6/c1-20(2)10-11-25-31-24(14-16-35(9,41-31)15-12-21(3)4)29(38)28-30(39)26-18-23-19-27-34(7,8)43-36(33(23)40,17-13-22(5)6)37(26,27)42-32(25)28/h10,13-14,16,18,21,23,27,38H,11-12,15,17,19H2,1-9H3/t23-,27+,35?,36?,37-/m1/s1. The number of hydrogen-bond donors (Lipinski definition) is 1. The van der Waals surface area contributed by atoms with E-state index in [2.05, 4.69) is 26.8 Å². The first kappa shape index (κ1) is 29.9. The number of phenolic OH excluding ortho intramolecular Hbond substituents is 1. The summed E-state index contributed by atoms with van der Waals surface area (Å²) in [5, 5.41) is 11.8. The largest absolute Gasteiger partial charge is 0.506 e. The Morgan fingerprint density at radius 3 is 2.40 bits per heavy atom. The van der Waals surface area contributed by atoms with Crippen molar-refractivity contribution in [2.45, 2.75) is 117 Å². The van der Waals surface area contributed by atoms with Crippen LogP contribution in [0.4, 0.5) is 0 Å². The molecule has 2 fully saturated rings. The zero-order valence-corrected chi connectivity index (χ0v) is 27.1. The minimum Gasteiger partial charge on any atom is -0.506 e. The van der Waals surface area contributed by atoms with E-state index in [-0.39, 0.29) is 28.8 Å². The maximum Gasteiger partial charge on any atom is 0.200 e. The van der Waals surface area contributed by atoms with E-state index in [0.717, 1.165) is 29.6 Å². The minimum atomic E-state index is -1.34. The lowest BCUT2D eigenvalue weighted by molar-refractivity contribution is -0.171. The van der Waals surface area contributed by atoms with E-state index in [4.69, 9.17) is 14.2 Å². The molecule has 6 aliphatic rings. The van der Waals surface area contributed by atoms with Crippen LogP contribution in [0.15, 0.2) is 41.0 Å². The first-order valence-corrected chi connectivity index (χ1v) is 15.8. The van der Waals surface area contributed by atoms with Crippen LogP contribution < -0.4 is 9.47 Å². The van der Waals surface area contributed by atoms with Crippen LogP contribution >= 0.6 is 0 Å². The molecule has 1 aromatic carbocycles. The van der Waals surface area contributed by atoms with Crippen LogP contribution in [0.1, 0.15) is 109 Å². The molecule has 1 saturated carbocycles. The number of carbonyl (C=O) groups excluding carboxylic acids is 2. The highest BCUT2D eigenvalue weighted by atomic mass is 16.6. The van der Waals surface area contributed by atoms with Crippen molar-refractivity contribution in [1.82, 2.24) is 0 Å². The van der Waals surface area contributed by atoms with Gasteiger partial charge in [-0.25, -0.2) is 0 Å². The average molecular weight is 587 g/mol. The highest BCUT2D eigenvalue weighted by molar-refractivity contribution is 6.19. The van der Waals surface area contributed by atoms with Gasteiger partial charge in [0.05, 0.1) is 11.2 Å². The Morgan fingerprint density at radius 1 is 1.05 bits per heavy atom. The Bertz CT molecular complexity index is 1540. The molecule has 0 amide bonds. The molecular formula is C37H46O6. The Morgan fingerprint density at radius 2 is 1.74 bits per heavy atom. The van der Waals surface area contributed by atoms with Crippen LogP contribution in [-0.4, -0.2) is 39.1 Å². The van der Waals surface area contributed by atoms with Crippen LogP contribution in [0.2, 0.25) is 0 Å². The highest BCUT2D eigenvalue weighted by Gasteiger charge is 2.81. The topological polar surface area (TPSA) is 82.1 Å². The molecule has 2 unspecified atom stereocenters. The molecule has 4 bridgehead atoms. The first-order chi connectivity index (χ1) is 20.1. The average Bonchev–Trinajstić information content (AvgIpc) is 3.07. The lowest BCUT2D eigenvalue weighted by Gasteiger charge is -2.56. The summed E-state index contributed by atoms with van der Waals surface area (Å²) in [5.74, 6) is 0.270. The SMILES string of the molecule is CC(C)=CCc1c2c(c(O)c3c1O[C@]14C(=C[C@@H]5C[C@H]1C(C)(C)OC4(CC=C(C)C)C5=O)C3=O)C=CC(C)(CCC(C)C)O2. The van der Waals surface area contributed by atoms with Crippen molar-refractivity contribution in [1.29, 1.82) is 0 Å². The van der Waals surface area contributed by atoms with Crippen molar-refractivity contribution in [3.8, 4) is 17.2 Å². The third-order valence-corrected chi connectivity index (χ3v) is 10.3. The summed E-state index contributed by atoms with van der Waals surface area (Å²) >= 11 is 0. The van der Waals surface area contributed by atoms with Crippen molar-refractivity contribution < 1.29 is 28.9 Å². The van der Waals surface area contributed by atoms with E-state index in [1.807, 2.05) is 59.8 Å². The number of benzene rings is 1. The molecule has 0 aromatic heterocycles. The summed E-state index contributed by atoms with van der Waals surface area (Å²) in [6.45, 7) is 18.5. The van der Waals surface area contributed by atoms with Crippen LogP contribution in [-0.2, 0) is 16.0 Å². The van der Waals surface area contributed by atoms with Gasteiger partial charge in [-0.2, -0.15) is 0 Å². The van der Waals surface area contributed by atoms with Gasteiger partial charge in [-0.15, -0.1) is 0 Å². The van der Waals surface area contributed by atoms with E-state index >= 15 is 0 Å². The van der Waals surface area contributed by atoms with Crippen LogP contribution in [0.5, 0.6) is 17.2 Å². The molecule has 230 valence electrons. The number of carbonyl (C=O) groups is 2. The zero-order valence-electron chi connectivity index (χ0n) is 27.1. The summed E-state index contributed by atoms with van der Waals surface area (Å²) in [6.07, 6.45) is 12.9. The van der Waals surface area contributed by atoms with Crippen LogP contribution in [0.25, 0.3) is 6.08 Å². The van der Waals surface area contributed by atoms with Gasteiger partial charge in [0.1, 0.15) is 28.4 Å². The van der Waals surface area contributed by atoms with Crippen molar-refractivity contribution in [2.75, 3.05) is 0 Å². The number of phenols is 1. The summed E-state index contributed by atoms with van der Waals surface area (Å²) in [4.78, 5) is 28.9. The van der Waals surface area contributed by atoms with Crippen molar-refractivity contribution in [2.24, 2.45) is 17.8 Å². The normalized spacial score (nSPS) is 32.4. The lowest BCUT2D eigenvalue weighted by atomic mass is 9.51. The second-order valence-electron chi connectivity index (χ2n) is 15.0. The number of rotatable bonds is 7. The van der Waals surface area contributed by atoms with Crippen molar-refractivity contribution in [3.63, 3.8) is 0 Å². The Labute approximate surface area is 255 Å². The molecule has 1 spiro atoms. The van der Waals surface area contributed by atoms with Gasteiger partial charge in [0, 0.05) is 29.4 Å². The summed E-state index contributed by atoms with van der Waals surface area (Å²) in [6, 6.07) is 0. The number of allylic oxidation sites excluding steroid dienone is 4. The van der Waals surface area contributed by atoms with Gasteiger partial charge < -0.3 is 19.3 Å². The van der Waals surface area contributed by atoms with Gasteiger partial charge in [-0.05, 0) is 92.2 Å². The molecule has 6 nitrogen and oxygen atoms in total. The smallest absolute Gasteiger partial charge is 0.200 e. The number of Topliss-reactive ketones (excluding diaryl/α,β-unsaturated/α-hetero) is 2. The zero-order chi connectivity index (χ0) is 31.3. The van der Waals surface area contributed by atoms with Gasteiger partial charge in [-0.1, -0.05) is 43.2 Å². The third kappa shape index (κ3) is 4.15. The summed E-state index contributed by atoms with van der Waals surface area (Å²) in [5.41, 5.74) is 0.0755. The Hall–Kier alpha value is -3.12. The molecule has 0 radical (unpaired) electrons. The van der Waals surface area contributed by atoms with E-state index in [0.29, 0.717) is 47.8 Å². The first-order valence-electron chi connectivity index (χ1n) is 15.8. The Balaban J connectivity index is 1.61. The summed E-state index contributed by atoms with van der Waals surface area (Å²) < 4.78 is 20.8. The molecule has 5 atom stereocenters. The second kappa shape index (κ2) is 9.69. The molecular weight excluding hydrogens is 540 g/mol. The molecule has 3 heterocycles. The highest BCUT2D eigenvalue weighted by Crippen LogP contribution is 2.68. The molecule has 3 aliphatic carbocycles. The van der Waals surface area contributed by atoms with Crippen LogP contribution in [0, 0.1) is 17.8 Å². The number of ether oxygens (including phenoxy) is 3. The van der Waals surface area contributed by atoms with E-state index in [1.165, 1.54) is 0 Å². The molecule has 43 heavy (non-hydrogen) atoms. The lowest BCUT2D eigenvalue weighted by Crippen LogP contribution is -2.72.